The van der Waals surface area contributed by atoms with E-state index < -0.39 is 0 Å². The predicted molar refractivity (Wildman–Crippen MR) is 175 cm³/mol. The van der Waals surface area contributed by atoms with Crippen LogP contribution in [0.3, 0.4) is 0 Å². The topological polar surface area (TPSA) is 111 Å². The minimum Gasteiger partial charge on any atom is -0.379 e. The van der Waals surface area contributed by atoms with Crippen molar-refractivity contribution < 1.29 is 56.8 Å². The first-order valence-corrected chi connectivity index (χ1v) is 16.9. The van der Waals surface area contributed by atoms with Crippen molar-refractivity contribution in [1.29, 1.82) is 0 Å². The van der Waals surface area contributed by atoms with E-state index in [1.165, 1.54) is 12.8 Å². The quantitative estimate of drug-likeness (QED) is 0.0962. The molecule has 1 aromatic carbocycles. The molecule has 0 aliphatic heterocycles. The summed E-state index contributed by atoms with van der Waals surface area (Å²) in [5.74, 6) is 0. The first-order chi connectivity index (χ1) is 22.9. The number of ether oxygens (including phenoxy) is 12. The van der Waals surface area contributed by atoms with Crippen molar-refractivity contribution in [3.05, 3.63) is 35.9 Å². The van der Waals surface area contributed by atoms with Gasteiger partial charge in [0.2, 0.25) is 0 Å². The first kappa shape index (κ1) is 42.8. The van der Waals surface area contributed by atoms with E-state index >= 15 is 0 Å². The Hall–Kier alpha value is -1.26. The fourth-order valence-electron chi connectivity index (χ4n) is 3.64. The van der Waals surface area contributed by atoms with Gasteiger partial charge in [-0.05, 0) is 12.0 Å². The summed E-state index contributed by atoms with van der Waals surface area (Å²) in [5, 5.41) is 0. The Kier molecular flexibility index (Phi) is 35.5. The Morgan fingerprint density at radius 3 is 0.848 bits per heavy atom. The lowest BCUT2D eigenvalue weighted by Gasteiger charge is -2.09. The van der Waals surface area contributed by atoms with Gasteiger partial charge in [0.15, 0.2) is 0 Å². The van der Waals surface area contributed by atoms with Crippen LogP contribution in [-0.2, 0) is 63.4 Å². The molecule has 12 nitrogen and oxygen atoms in total. The summed E-state index contributed by atoms with van der Waals surface area (Å²) >= 11 is 0. The van der Waals surface area contributed by atoms with E-state index in [1.54, 1.807) is 0 Å². The fourth-order valence-corrected chi connectivity index (χ4v) is 3.64. The maximum atomic E-state index is 5.57. The monoisotopic (exact) mass is 662 g/mol. The highest BCUT2D eigenvalue weighted by Crippen LogP contribution is 2.00. The molecule has 0 spiro atoms. The Labute approximate surface area is 277 Å². The second-order valence-electron chi connectivity index (χ2n) is 9.98. The van der Waals surface area contributed by atoms with Crippen molar-refractivity contribution in [3.63, 3.8) is 0 Å². The summed E-state index contributed by atoms with van der Waals surface area (Å²) in [4.78, 5) is 0. The van der Waals surface area contributed by atoms with Crippen molar-refractivity contribution in [2.24, 2.45) is 0 Å². The summed E-state index contributed by atoms with van der Waals surface area (Å²) in [6, 6.07) is 10.1. The zero-order chi connectivity index (χ0) is 32.7. The summed E-state index contributed by atoms with van der Waals surface area (Å²) in [6.07, 6.45) is 3.55. The lowest BCUT2D eigenvalue weighted by atomic mass is 10.2. The zero-order valence-electron chi connectivity index (χ0n) is 28.4. The van der Waals surface area contributed by atoms with Crippen molar-refractivity contribution in [1.82, 2.24) is 0 Å². The smallest absolute Gasteiger partial charge is 0.0718 e. The van der Waals surface area contributed by atoms with Gasteiger partial charge in [0.1, 0.15) is 0 Å². The highest BCUT2D eigenvalue weighted by molar-refractivity contribution is 5.13. The van der Waals surface area contributed by atoms with Crippen molar-refractivity contribution >= 4 is 0 Å². The van der Waals surface area contributed by atoms with Gasteiger partial charge >= 0.3 is 0 Å². The number of hydrogen-bond acceptors (Lipinski definition) is 12. The van der Waals surface area contributed by atoms with Crippen LogP contribution in [0.15, 0.2) is 30.3 Å². The molecule has 1 aromatic rings. The largest absolute Gasteiger partial charge is 0.379 e. The lowest BCUT2D eigenvalue weighted by Crippen LogP contribution is -2.15. The first-order valence-electron chi connectivity index (χ1n) is 16.9. The van der Waals surface area contributed by atoms with Gasteiger partial charge in [0, 0.05) is 6.61 Å². The molecular formula is C34H62O12. The van der Waals surface area contributed by atoms with Crippen molar-refractivity contribution in [2.45, 2.75) is 32.8 Å². The molecule has 12 heteroatoms. The van der Waals surface area contributed by atoms with E-state index in [2.05, 4.69) is 6.92 Å². The standard InChI is InChI=1S/C34H62O12/c1-2-3-7-10-35-11-12-36-13-14-37-15-16-38-17-18-39-19-20-40-21-22-41-23-24-42-25-26-43-27-28-44-29-30-45-31-32-46-33-34-8-5-4-6-9-34/h4-6,8-9H,2-3,7,10-33H2,1H3. The van der Waals surface area contributed by atoms with Crippen molar-refractivity contribution in [3.8, 4) is 0 Å². The zero-order valence-corrected chi connectivity index (χ0v) is 28.4. The molecule has 1 rings (SSSR count). The molecule has 0 saturated heterocycles. The molecular weight excluding hydrogens is 600 g/mol. The van der Waals surface area contributed by atoms with Crippen LogP contribution in [0.1, 0.15) is 31.7 Å². The third kappa shape index (κ3) is 34.1. The molecule has 0 heterocycles. The van der Waals surface area contributed by atoms with E-state index in [0.717, 1.165) is 18.6 Å². The van der Waals surface area contributed by atoms with Gasteiger partial charge in [-0.15, -0.1) is 0 Å². The maximum Gasteiger partial charge on any atom is 0.0718 e. The summed E-state index contributed by atoms with van der Waals surface area (Å²) in [6.45, 7) is 15.5. The molecule has 0 aliphatic carbocycles. The van der Waals surface area contributed by atoms with Crippen LogP contribution in [0, 0.1) is 0 Å². The maximum absolute atomic E-state index is 5.57. The summed E-state index contributed by atoms with van der Waals surface area (Å²) in [5.41, 5.74) is 1.16. The molecule has 0 unspecified atom stereocenters. The molecule has 0 saturated carbocycles. The molecule has 0 N–H and O–H groups in total. The third-order valence-corrected chi connectivity index (χ3v) is 6.10. The van der Waals surface area contributed by atoms with Crippen LogP contribution in [0.2, 0.25) is 0 Å². The Morgan fingerprint density at radius 2 is 0.565 bits per heavy atom. The lowest BCUT2D eigenvalue weighted by molar-refractivity contribution is -0.0285. The number of hydrogen-bond donors (Lipinski definition) is 0. The molecule has 0 radical (unpaired) electrons. The van der Waals surface area contributed by atoms with Crippen LogP contribution in [0.25, 0.3) is 0 Å². The molecule has 0 fully saturated rings. The highest BCUT2D eigenvalue weighted by atomic mass is 16.6. The fraction of sp³-hybridized carbons (Fsp3) is 0.824. The van der Waals surface area contributed by atoms with E-state index in [1.807, 2.05) is 30.3 Å². The van der Waals surface area contributed by atoms with Gasteiger partial charge in [0.25, 0.3) is 0 Å². The van der Waals surface area contributed by atoms with Gasteiger partial charge in [-0.25, -0.2) is 0 Å². The normalized spacial score (nSPS) is 11.5. The molecule has 0 aromatic heterocycles. The Balaban J connectivity index is 1.61. The van der Waals surface area contributed by atoms with Gasteiger partial charge in [-0.2, -0.15) is 0 Å². The molecule has 46 heavy (non-hydrogen) atoms. The number of unbranched alkanes of at least 4 members (excludes halogenated alkanes) is 2. The van der Waals surface area contributed by atoms with Crippen LogP contribution >= 0.6 is 0 Å². The molecule has 0 bridgehead atoms. The second-order valence-corrected chi connectivity index (χ2v) is 9.98. The number of rotatable bonds is 39. The van der Waals surface area contributed by atoms with Gasteiger partial charge in [-0.1, -0.05) is 50.1 Å². The summed E-state index contributed by atoms with van der Waals surface area (Å²) < 4.78 is 65.9. The van der Waals surface area contributed by atoms with E-state index in [0.29, 0.717) is 152 Å². The SMILES string of the molecule is CCCCCOCCOCCOCCOCCOCCOCCOCCOCCOCCOCCOCCOCc1ccccc1. The Bertz CT molecular complexity index is 685. The van der Waals surface area contributed by atoms with Crippen LogP contribution in [-0.4, -0.2) is 152 Å². The van der Waals surface area contributed by atoms with Gasteiger partial charge in [-0.3, -0.25) is 0 Å². The highest BCUT2D eigenvalue weighted by Gasteiger charge is 1.97. The second kappa shape index (κ2) is 38.2. The van der Waals surface area contributed by atoms with Crippen LogP contribution in [0.5, 0.6) is 0 Å². The van der Waals surface area contributed by atoms with Gasteiger partial charge in [0.05, 0.1) is 152 Å². The Morgan fingerprint density at radius 1 is 0.304 bits per heavy atom. The molecule has 270 valence electrons. The van der Waals surface area contributed by atoms with E-state index in [4.69, 9.17) is 56.8 Å². The minimum absolute atomic E-state index is 0.516. The van der Waals surface area contributed by atoms with Crippen LogP contribution < -0.4 is 0 Å². The molecule has 0 atom stereocenters. The number of benzene rings is 1. The third-order valence-electron chi connectivity index (χ3n) is 6.10. The van der Waals surface area contributed by atoms with E-state index in [9.17, 15) is 0 Å². The summed E-state index contributed by atoms with van der Waals surface area (Å²) in [7, 11) is 0. The van der Waals surface area contributed by atoms with Gasteiger partial charge < -0.3 is 56.8 Å². The van der Waals surface area contributed by atoms with E-state index in [-0.39, 0.29) is 0 Å². The van der Waals surface area contributed by atoms with Crippen LogP contribution in [0.4, 0.5) is 0 Å². The minimum atomic E-state index is 0.516. The molecule has 0 aliphatic rings. The van der Waals surface area contributed by atoms with Crippen molar-refractivity contribution in [2.75, 3.05) is 152 Å². The molecule has 0 amide bonds. The average Bonchev–Trinajstić information content (AvgIpc) is 3.08. The predicted octanol–water partition coefficient (Wildman–Crippen LogP) is 3.58. The average molecular weight is 663 g/mol.